The number of aliphatic hydroxyl groups excluding tert-OH is 1. The van der Waals surface area contributed by atoms with E-state index >= 15 is 0 Å². The molecule has 1 aromatic carbocycles. The lowest BCUT2D eigenvalue weighted by Crippen LogP contribution is -2.37. The van der Waals surface area contributed by atoms with Crippen LogP contribution in [-0.2, 0) is 16.0 Å². The minimum absolute atomic E-state index is 0.0323. The van der Waals surface area contributed by atoms with Gasteiger partial charge in [-0.15, -0.1) is 11.3 Å². The number of furan rings is 1. The summed E-state index contributed by atoms with van der Waals surface area (Å²) in [6.45, 7) is 4.35. The van der Waals surface area contributed by atoms with E-state index < -0.39 is 17.9 Å². The second-order valence-corrected chi connectivity index (χ2v) is 9.21. The van der Waals surface area contributed by atoms with Gasteiger partial charge in [-0.05, 0) is 74.4 Å². The van der Waals surface area contributed by atoms with Gasteiger partial charge in [0.25, 0.3) is 5.91 Å². The molecular weight excluding hydrogens is 454 g/mol. The Balaban J connectivity index is 1.33. The summed E-state index contributed by atoms with van der Waals surface area (Å²) in [6, 6.07) is 10.7. The van der Waals surface area contributed by atoms with Gasteiger partial charge in [0, 0.05) is 30.0 Å². The number of amides is 3. The number of nitrogens with one attached hydrogen (secondary N) is 2. The maximum absolute atomic E-state index is 12.8. The molecule has 0 spiro atoms. The van der Waals surface area contributed by atoms with Gasteiger partial charge in [0.05, 0.1) is 11.0 Å². The minimum atomic E-state index is -0.790. The summed E-state index contributed by atoms with van der Waals surface area (Å²) in [7, 11) is 0. The molecule has 3 amide bonds. The Kier molecular flexibility index (Phi) is 7.14. The zero-order valence-corrected chi connectivity index (χ0v) is 19.9. The molecule has 0 saturated carbocycles. The van der Waals surface area contributed by atoms with Crippen LogP contribution in [0.4, 0.5) is 11.4 Å². The van der Waals surface area contributed by atoms with E-state index in [1.807, 2.05) is 23.6 Å². The van der Waals surface area contributed by atoms with Gasteiger partial charge in [0.15, 0.2) is 0 Å². The van der Waals surface area contributed by atoms with Gasteiger partial charge in [0.1, 0.15) is 11.5 Å². The smallest absolute Gasteiger partial charge is 0.313 e. The Morgan fingerprint density at radius 1 is 1.18 bits per heavy atom. The maximum atomic E-state index is 12.8. The number of fused-ring (bicyclic) bond motifs is 1. The number of hydrogen-bond acceptors (Lipinski definition) is 6. The van der Waals surface area contributed by atoms with Crippen molar-refractivity contribution in [1.82, 2.24) is 5.32 Å². The fraction of sp³-hybridized carbons (Fsp3) is 0.320. The highest BCUT2D eigenvalue weighted by molar-refractivity contribution is 7.12. The summed E-state index contributed by atoms with van der Waals surface area (Å²) < 4.78 is 5.41. The molecule has 0 unspecified atom stereocenters. The van der Waals surface area contributed by atoms with E-state index in [0.717, 1.165) is 24.1 Å². The molecule has 0 fully saturated rings. The molecule has 3 N–H and O–H groups in total. The number of benzene rings is 1. The zero-order chi connectivity index (χ0) is 24.2. The summed E-state index contributed by atoms with van der Waals surface area (Å²) in [5.41, 5.74) is 2.94. The number of carbonyl (C=O) groups is 3. The van der Waals surface area contributed by atoms with Crippen LogP contribution >= 0.6 is 11.3 Å². The molecule has 0 radical (unpaired) electrons. The molecule has 1 atom stereocenters. The predicted octanol–water partition coefficient (Wildman–Crippen LogP) is 3.73. The molecular formula is C25H27N3O5S. The first kappa shape index (κ1) is 23.7. The first-order valence-corrected chi connectivity index (χ1v) is 12.0. The van der Waals surface area contributed by atoms with Crippen molar-refractivity contribution in [2.75, 3.05) is 23.3 Å². The number of aliphatic hydroxyl groups is 1. The van der Waals surface area contributed by atoms with Crippen LogP contribution in [0.15, 0.2) is 46.2 Å². The minimum Gasteiger partial charge on any atom is -0.466 e. The van der Waals surface area contributed by atoms with Crippen molar-refractivity contribution < 1.29 is 23.9 Å². The SMILES string of the molecule is Cc1cc([C@@H](O)CCNC(=O)C(=O)Nc2ccc3c(c2)CCCN3C(=O)c2cccs2)c(C)o1. The molecule has 1 aliphatic heterocycles. The molecule has 0 saturated heterocycles. The first-order valence-electron chi connectivity index (χ1n) is 11.2. The van der Waals surface area contributed by atoms with Crippen molar-refractivity contribution >= 4 is 40.4 Å². The van der Waals surface area contributed by atoms with Crippen molar-refractivity contribution in [2.24, 2.45) is 0 Å². The van der Waals surface area contributed by atoms with Gasteiger partial charge >= 0.3 is 11.8 Å². The van der Waals surface area contributed by atoms with Gasteiger partial charge in [-0.25, -0.2) is 0 Å². The average Bonchev–Trinajstić information content (AvgIpc) is 3.47. The largest absolute Gasteiger partial charge is 0.466 e. The number of nitrogens with zero attached hydrogens (tertiary/aromatic N) is 1. The van der Waals surface area contributed by atoms with Gasteiger partial charge in [-0.2, -0.15) is 0 Å². The van der Waals surface area contributed by atoms with E-state index in [2.05, 4.69) is 10.6 Å². The molecule has 1 aliphatic rings. The molecule has 0 aliphatic carbocycles. The fourth-order valence-electron chi connectivity index (χ4n) is 4.15. The fourth-order valence-corrected chi connectivity index (χ4v) is 4.82. The Hall–Kier alpha value is -3.43. The van der Waals surface area contributed by atoms with Crippen LogP contribution in [-0.4, -0.2) is 35.9 Å². The maximum Gasteiger partial charge on any atom is 0.313 e. The van der Waals surface area contributed by atoms with Crippen molar-refractivity contribution in [3.63, 3.8) is 0 Å². The van der Waals surface area contributed by atoms with Crippen LogP contribution in [0.25, 0.3) is 0 Å². The third-order valence-corrected chi connectivity index (χ3v) is 6.64. The monoisotopic (exact) mass is 481 g/mol. The topological polar surface area (TPSA) is 112 Å². The number of aryl methyl sites for hydroxylation is 3. The lowest BCUT2D eigenvalue weighted by molar-refractivity contribution is -0.136. The Morgan fingerprint density at radius 3 is 2.71 bits per heavy atom. The summed E-state index contributed by atoms with van der Waals surface area (Å²) in [4.78, 5) is 39.8. The molecule has 8 nitrogen and oxygen atoms in total. The standard InChI is InChI=1S/C25H27N3O5S/c1-15-13-19(16(2)33-15)21(29)9-10-26-23(30)24(31)27-18-7-8-20-17(14-18)5-3-11-28(20)25(32)22-6-4-12-34-22/h4,6-8,12-14,21,29H,3,5,9-11H2,1-2H3,(H,26,30)(H,27,31)/t21-/m0/s1. The Labute approximate surface area is 201 Å². The summed E-state index contributed by atoms with van der Waals surface area (Å²) >= 11 is 1.41. The van der Waals surface area contributed by atoms with E-state index in [0.29, 0.717) is 34.2 Å². The molecule has 9 heteroatoms. The predicted molar refractivity (Wildman–Crippen MR) is 130 cm³/mol. The van der Waals surface area contributed by atoms with Gasteiger partial charge in [0.2, 0.25) is 0 Å². The van der Waals surface area contributed by atoms with Crippen molar-refractivity contribution in [3.8, 4) is 0 Å². The Bertz CT molecular complexity index is 1200. The molecule has 3 aromatic rings. The van der Waals surface area contributed by atoms with Crippen LogP contribution in [0, 0.1) is 13.8 Å². The van der Waals surface area contributed by atoms with Crippen molar-refractivity contribution in [3.05, 3.63) is 69.3 Å². The quantitative estimate of drug-likeness (QED) is 0.465. The van der Waals surface area contributed by atoms with Crippen LogP contribution in [0.2, 0.25) is 0 Å². The second-order valence-electron chi connectivity index (χ2n) is 8.26. The van der Waals surface area contributed by atoms with Gasteiger partial charge < -0.3 is 25.1 Å². The van der Waals surface area contributed by atoms with E-state index in [1.54, 1.807) is 36.9 Å². The molecule has 34 heavy (non-hydrogen) atoms. The van der Waals surface area contributed by atoms with Crippen LogP contribution < -0.4 is 15.5 Å². The van der Waals surface area contributed by atoms with E-state index in [1.165, 1.54) is 11.3 Å². The zero-order valence-electron chi connectivity index (χ0n) is 19.1. The van der Waals surface area contributed by atoms with E-state index in [-0.39, 0.29) is 18.9 Å². The number of anilines is 2. The van der Waals surface area contributed by atoms with E-state index in [4.69, 9.17) is 4.42 Å². The number of thiophene rings is 1. The first-order chi connectivity index (χ1) is 16.3. The lowest BCUT2D eigenvalue weighted by Gasteiger charge is -2.29. The third kappa shape index (κ3) is 5.21. The molecule has 178 valence electrons. The highest BCUT2D eigenvalue weighted by atomic mass is 32.1. The molecule has 3 heterocycles. The Morgan fingerprint density at radius 2 is 2.00 bits per heavy atom. The molecule has 4 rings (SSSR count). The number of carbonyl (C=O) groups excluding carboxylic acids is 3. The van der Waals surface area contributed by atoms with Crippen molar-refractivity contribution in [2.45, 2.75) is 39.2 Å². The number of hydrogen-bond donors (Lipinski definition) is 3. The highest BCUT2D eigenvalue weighted by Crippen LogP contribution is 2.31. The molecule has 0 bridgehead atoms. The van der Waals surface area contributed by atoms with Crippen LogP contribution in [0.1, 0.15) is 51.3 Å². The average molecular weight is 482 g/mol. The lowest BCUT2D eigenvalue weighted by atomic mass is 10.0. The van der Waals surface area contributed by atoms with E-state index in [9.17, 15) is 19.5 Å². The highest BCUT2D eigenvalue weighted by Gasteiger charge is 2.25. The third-order valence-electron chi connectivity index (χ3n) is 5.78. The second kappa shape index (κ2) is 10.2. The van der Waals surface area contributed by atoms with Crippen molar-refractivity contribution in [1.29, 1.82) is 0 Å². The summed E-state index contributed by atoms with van der Waals surface area (Å²) in [5, 5.41) is 17.3. The normalized spacial score (nSPS) is 13.8. The van der Waals surface area contributed by atoms with Crippen LogP contribution in [0.5, 0.6) is 0 Å². The van der Waals surface area contributed by atoms with Gasteiger partial charge in [-0.1, -0.05) is 6.07 Å². The number of rotatable bonds is 6. The summed E-state index contributed by atoms with van der Waals surface area (Å²) in [6.07, 6.45) is 1.07. The van der Waals surface area contributed by atoms with Gasteiger partial charge in [-0.3, -0.25) is 14.4 Å². The van der Waals surface area contributed by atoms with Crippen LogP contribution in [0.3, 0.4) is 0 Å². The summed E-state index contributed by atoms with van der Waals surface area (Å²) in [5.74, 6) is -0.252. The molecule has 2 aromatic heterocycles.